The molecule has 2 aromatic rings. The SMILES string of the molecule is C=C(C)C(C)(COc1ncc(CNC(=O)c2cc(C)nc(NC(=O)C(C)C)c2)cc1C)C(F)F. The van der Waals surface area contributed by atoms with Crippen LogP contribution in [0, 0.1) is 25.2 Å². The van der Waals surface area contributed by atoms with E-state index in [-0.39, 0.29) is 36.8 Å². The highest BCUT2D eigenvalue weighted by atomic mass is 19.3. The van der Waals surface area contributed by atoms with Crippen LogP contribution in [0.5, 0.6) is 5.88 Å². The fraction of sp³-hybridized carbons (Fsp3) is 0.440. The third kappa shape index (κ3) is 6.82. The predicted octanol–water partition coefficient (Wildman–Crippen LogP) is 4.84. The first-order chi connectivity index (χ1) is 15.8. The van der Waals surface area contributed by atoms with Gasteiger partial charge >= 0.3 is 0 Å². The number of pyridine rings is 2. The molecular weight excluding hydrogens is 442 g/mol. The molecule has 9 heteroatoms. The summed E-state index contributed by atoms with van der Waals surface area (Å²) in [5, 5.41) is 5.50. The normalized spacial score (nSPS) is 12.9. The quantitative estimate of drug-likeness (QED) is 0.481. The predicted molar refractivity (Wildman–Crippen MR) is 127 cm³/mol. The Morgan fingerprint density at radius 3 is 2.44 bits per heavy atom. The van der Waals surface area contributed by atoms with Crippen LogP contribution in [0.1, 0.15) is 54.9 Å². The molecule has 0 spiro atoms. The van der Waals surface area contributed by atoms with Crippen LogP contribution in [-0.4, -0.2) is 34.8 Å². The molecule has 2 rings (SSSR count). The molecule has 0 saturated carbocycles. The Labute approximate surface area is 199 Å². The molecule has 0 aliphatic carbocycles. The summed E-state index contributed by atoms with van der Waals surface area (Å²) >= 11 is 0. The largest absolute Gasteiger partial charge is 0.476 e. The van der Waals surface area contributed by atoms with Gasteiger partial charge in [-0.3, -0.25) is 9.59 Å². The highest BCUT2D eigenvalue weighted by molar-refractivity contribution is 5.97. The Morgan fingerprint density at radius 1 is 1.21 bits per heavy atom. The molecular formula is C25H32F2N4O3. The van der Waals surface area contributed by atoms with Crippen molar-refractivity contribution in [2.24, 2.45) is 11.3 Å². The standard InChI is InChI=1S/C25H32F2N4O3/c1-14(2)21(32)31-20-10-19(9-17(6)30-20)22(33)28-11-18-8-16(5)23(29-12-18)34-13-25(7,15(3)4)24(26)27/h8-10,12,14,24H,3,11,13H2,1-2,4-7H3,(H,28,33)(H,30,31,32). The number of ether oxygens (including phenoxy) is 1. The molecule has 0 aliphatic rings. The first-order valence-electron chi connectivity index (χ1n) is 10.9. The zero-order chi connectivity index (χ0) is 25.6. The van der Waals surface area contributed by atoms with Gasteiger partial charge in [0.2, 0.25) is 11.8 Å². The number of alkyl halides is 2. The van der Waals surface area contributed by atoms with Crippen LogP contribution in [0.25, 0.3) is 0 Å². The summed E-state index contributed by atoms with van der Waals surface area (Å²) in [6.45, 7) is 13.6. The van der Waals surface area contributed by atoms with E-state index >= 15 is 0 Å². The average Bonchev–Trinajstić information content (AvgIpc) is 2.75. The molecule has 2 heterocycles. The van der Waals surface area contributed by atoms with Crippen molar-refractivity contribution >= 4 is 17.6 Å². The van der Waals surface area contributed by atoms with Crippen molar-refractivity contribution in [2.75, 3.05) is 11.9 Å². The van der Waals surface area contributed by atoms with E-state index in [1.54, 1.807) is 46.8 Å². The third-order valence-electron chi connectivity index (χ3n) is 5.50. The first kappa shape index (κ1) is 26.9. The molecule has 0 radical (unpaired) electrons. The van der Waals surface area contributed by atoms with Gasteiger partial charge in [0.25, 0.3) is 12.3 Å². The van der Waals surface area contributed by atoms with Crippen molar-refractivity contribution in [1.82, 2.24) is 15.3 Å². The Kier molecular flexibility index (Phi) is 8.84. The molecule has 2 aromatic heterocycles. The van der Waals surface area contributed by atoms with Crippen LogP contribution in [0.4, 0.5) is 14.6 Å². The van der Waals surface area contributed by atoms with Crippen molar-refractivity contribution in [3.63, 3.8) is 0 Å². The summed E-state index contributed by atoms with van der Waals surface area (Å²) in [6.07, 6.45) is -1.09. The minimum atomic E-state index is -2.61. The zero-order valence-electron chi connectivity index (χ0n) is 20.5. The number of nitrogens with zero attached hydrogens (tertiary/aromatic N) is 2. The van der Waals surface area contributed by atoms with Gasteiger partial charge in [0, 0.05) is 35.5 Å². The molecule has 1 unspecified atom stereocenters. The maximum atomic E-state index is 13.4. The molecule has 0 fully saturated rings. The monoisotopic (exact) mass is 474 g/mol. The number of carbonyl (C=O) groups excluding carboxylic acids is 2. The second-order valence-corrected chi connectivity index (χ2v) is 8.96. The van der Waals surface area contributed by atoms with Crippen molar-refractivity contribution in [2.45, 2.75) is 54.5 Å². The van der Waals surface area contributed by atoms with E-state index in [0.29, 0.717) is 33.8 Å². The summed E-state index contributed by atoms with van der Waals surface area (Å²) < 4.78 is 32.4. The van der Waals surface area contributed by atoms with Crippen LogP contribution in [0.2, 0.25) is 0 Å². The zero-order valence-corrected chi connectivity index (χ0v) is 20.5. The second-order valence-electron chi connectivity index (χ2n) is 8.96. The number of hydrogen-bond donors (Lipinski definition) is 2. The molecule has 2 N–H and O–H groups in total. The van der Waals surface area contributed by atoms with Gasteiger partial charge in [0.1, 0.15) is 12.4 Å². The van der Waals surface area contributed by atoms with Crippen LogP contribution in [0.3, 0.4) is 0 Å². The van der Waals surface area contributed by atoms with E-state index in [1.807, 2.05) is 0 Å². The fourth-order valence-corrected chi connectivity index (χ4v) is 2.88. The minimum Gasteiger partial charge on any atom is -0.476 e. The van der Waals surface area contributed by atoms with E-state index in [0.717, 1.165) is 0 Å². The maximum absolute atomic E-state index is 13.4. The highest BCUT2D eigenvalue weighted by Gasteiger charge is 2.37. The molecule has 1 atom stereocenters. The van der Waals surface area contributed by atoms with Gasteiger partial charge in [-0.1, -0.05) is 26.0 Å². The number of amides is 2. The van der Waals surface area contributed by atoms with Gasteiger partial charge in [-0.15, -0.1) is 0 Å². The Hall–Kier alpha value is -3.36. The third-order valence-corrected chi connectivity index (χ3v) is 5.50. The molecule has 0 aromatic carbocycles. The number of hydrogen-bond acceptors (Lipinski definition) is 5. The molecule has 0 bridgehead atoms. The molecule has 0 aliphatic heterocycles. The number of carbonyl (C=O) groups is 2. The number of aromatic nitrogens is 2. The summed E-state index contributed by atoms with van der Waals surface area (Å²) in [5.74, 6) is -0.178. The van der Waals surface area contributed by atoms with Crippen LogP contribution < -0.4 is 15.4 Å². The molecule has 0 saturated heterocycles. The lowest BCUT2D eigenvalue weighted by atomic mass is 9.85. The van der Waals surface area contributed by atoms with Crippen LogP contribution in [-0.2, 0) is 11.3 Å². The smallest absolute Gasteiger partial charge is 0.251 e. The topological polar surface area (TPSA) is 93.2 Å². The Bertz CT molecular complexity index is 1070. The van der Waals surface area contributed by atoms with Gasteiger partial charge in [-0.25, -0.2) is 18.7 Å². The van der Waals surface area contributed by atoms with Gasteiger partial charge in [-0.05, 0) is 51.5 Å². The van der Waals surface area contributed by atoms with E-state index in [4.69, 9.17) is 4.74 Å². The Balaban J connectivity index is 2.04. The lowest BCUT2D eigenvalue weighted by Crippen LogP contribution is -2.34. The summed E-state index contributed by atoms with van der Waals surface area (Å²) in [6, 6.07) is 4.92. The number of rotatable bonds is 10. The van der Waals surface area contributed by atoms with E-state index in [2.05, 4.69) is 27.2 Å². The summed E-state index contributed by atoms with van der Waals surface area (Å²) in [5.41, 5.74) is 1.19. The molecule has 34 heavy (non-hydrogen) atoms. The van der Waals surface area contributed by atoms with E-state index in [1.165, 1.54) is 19.2 Å². The van der Waals surface area contributed by atoms with Gasteiger partial charge in [0.05, 0.1) is 5.41 Å². The van der Waals surface area contributed by atoms with E-state index in [9.17, 15) is 18.4 Å². The average molecular weight is 475 g/mol. The number of nitrogens with one attached hydrogen (secondary N) is 2. The highest BCUT2D eigenvalue weighted by Crippen LogP contribution is 2.33. The van der Waals surface area contributed by atoms with Gasteiger partial charge in [-0.2, -0.15) is 0 Å². The minimum absolute atomic E-state index is 0.189. The fourth-order valence-electron chi connectivity index (χ4n) is 2.88. The second kappa shape index (κ2) is 11.2. The van der Waals surface area contributed by atoms with Gasteiger partial charge < -0.3 is 15.4 Å². The van der Waals surface area contributed by atoms with Crippen LogP contribution >= 0.6 is 0 Å². The van der Waals surface area contributed by atoms with E-state index < -0.39 is 11.8 Å². The van der Waals surface area contributed by atoms with Crippen molar-refractivity contribution in [3.8, 4) is 5.88 Å². The first-order valence-corrected chi connectivity index (χ1v) is 10.9. The number of halogens is 2. The molecule has 7 nitrogen and oxygen atoms in total. The number of aryl methyl sites for hydroxylation is 2. The van der Waals surface area contributed by atoms with Crippen molar-refractivity contribution < 1.29 is 23.1 Å². The summed E-state index contributed by atoms with van der Waals surface area (Å²) in [4.78, 5) is 33.1. The molecule has 2 amide bonds. The molecule has 184 valence electrons. The van der Waals surface area contributed by atoms with Crippen LogP contribution in [0.15, 0.2) is 36.5 Å². The number of anilines is 1. The van der Waals surface area contributed by atoms with Gasteiger partial charge in [0.15, 0.2) is 0 Å². The van der Waals surface area contributed by atoms with Crippen molar-refractivity contribution in [3.05, 3.63) is 58.9 Å². The Morgan fingerprint density at radius 2 is 1.88 bits per heavy atom. The lowest BCUT2D eigenvalue weighted by molar-refractivity contribution is -0.118. The maximum Gasteiger partial charge on any atom is 0.251 e. The lowest BCUT2D eigenvalue weighted by Gasteiger charge is -2.29. The summed E-state index contributed by atoms with van der Waals surface area (Å²) in [7, 11) is 0. The van der Waals surface area contributed by atoms with Crippen molar-refractivity contribution in [1.29, 1.82) is 0 Å².